The van der Waals surface area contributed by atoms with Gasteiger partial charge in [-0.15, -0.1) is 5.48 Å². The first kappa shape index (κ1) is 18.6. The Bertz CT molecular complexity index is 745. The molecule has 0 aromatic heterocycles. The zero-order valence-corrected chi connectivity index (χ0v) is 14.9. The number of benzene rings is 2. The van der Waals surface area contributed by atoms with Crippen LogP contribution in [0.1, 0.15) is 18.4 Å². The van der Waals surface area contributed by atoms with Crippen LogP contribution in [0.3, 0.4) is 0 Å². The lowest BCUT2D eigenvalue weighted by Gasteiger charge is -2.14. The van der Waals surface area contributed by atoms with E-state index in [4.69, 9.17) is 39.6 Å². The van der Waals surface area contributed by atoms with Crippen molar-refractivity contribution < 1.29 is 19.2 Å². The summed E-state index contributed by atoms with van der Waals surface area (Å²) in [7, 11) is 0. The Labute approximate surface area is 153 Å². The van der Waals surface area contributed by atoms with E-state index in [0.717, 1.165) is 16.3 Å². The fourth-order valence-corrected chi connectivity index (χ4v) is 2.13. The monoisotopic (exact) mass is 389 g/mol. The number of carbonyl (C=O) groups excluding carboxylic acids is 2. The highest BCUT2D eigenvalue weighted by Crippen LogP contribution is 2.26. The molecule has 0 aliphatic rings. The van der Waals surface area contributed by atoms with Gasteiger partial charge < -0.3 is 9.57 Å². The van der Waals surface area contributed by atoms with Gasteiger partial charge in [0.2, 0.25) is 3.79 Å². The van der Waals surface area contributed by atoms with Gasteiger partial charge in [-0.25, -0.2) is 9.59 Å². The van der Waals surface area contributed by atoms with Crippen LogP contribution in [0.2, 0.25) is 0 Å². The maximum Gasteiger partial charge on any atom is 0.440 e. The molecule has 2 rings (SSSR count). The van der Waals surface area contributed by atoms with Gasteiger partial charge in [0, 0.05) is 0 Å². The van der Waals surface area contributed by atoms with Gasteiger partial charge in [-0.1, -0.05) is 77.3 Å². The van der Waals surface area contributed by atoms with Crippen molar-refractivity contribution in [2.45, 2.75) is 16.6 Å². The first-order chi connectivity index (χ1) is 11.3. The summed E-state index contributed by atoms with van der Waals surface area (Å²) in [6.07, 6.45) is -1.03. The zero-order chi connectivity index (χ0) is 17.7. The number of hydrogen-bond acceptors (Lipinski definition) is 4. The Balaban J connectivity index is 1.92. The van der Waals surface area contributed by atoms with Crippen molar-refractivity contribution in [3.8, 4) is 0 Å². The second-order valence-electron chi connectivity index (χ2n) is 5.04. The number of rotatable bonds is 3. The molecule has 0 radical (unpaired) electrons. The molecule has 0 saturated heterocycles. The lowest BCUT2D eigenvalue weighted by Crippen LogP contribution is -2.31. The number of nitrogens with one attached hydrogen (secondary N) is 1. The van der Waals surface area contributed by atoms with Gasteiger partial charge in [-0.2, -0.15) is 0 Å². The van der Waals surface area contributed by atoms with Crippen molar-refractivity contribution in [2.24, 2.45) is 0 Å². The van der Waals surface area contributed by atoms with Crippen LogP contribution in [0.5, 0.6) is 0 Å². The summed E-state index contributed by atoms with van der Waals surface area (Å²) in [5, 5.41) is 2.07. The minimum absolute atomic E-state index is 0.471. The summed E-state index contributed by atoms with van der Waals surface area (Å²) in [6, 6.07) is 13.4. The van der Waals surface area contributed by atoms with E-state index in [1.54, 1.807) is 6.92 Å². The van der Waals surface area contributed by atoms with Crippen LogP contribution in [0, 0.1) is 0 Å². The van der Waals surface area contributed by atoms with Gasteiger partial charge in [0.1, 0.15) is 6.61 Å². The van der Waals surface area contributed by atoms with Crippen LogP contribution < -0.4 is 5.48 Å². The second kappa shape index (κ2) is 7.92. The van der Waals surface area contributed by atoms with Gasteiger partial charge in [0.15, 0.2) is 0 Å². The Kier molecular flexibility index (Phi) is 6.15. The molecule has 8 heteroatoms. The average Bonchev–Trinajstić information content (AvgIpc) is 2.56. The minimum atomic E-state index is -1.74. The maximum atomic E-state index is 12.0. The van der Waals surface area contributed by atoms with E-state index in [2.05, 4.69) is 4.74 Å². The number of hydroxylamine groups is 1. The predicted octanol–water partition coefficient (Wildman–Crippen LogP) is 4.50. The largest absolute Gasteiger partial charge is 0.443 e. The summed E-state index contributed by atoms with van der Waals surface area (Å²) in [5.74, 6) is -1.22. The Morgan fingerprint density at radius 3 is 2.46 bits per heavy atom. The molecule has 0 spiro atoms. The lowest BCUT2D eigenvalue weighted by atomic mass is 9.98. The third-order valence-corrected chi connectivity index (χ3v) is 3.56. The molecule has 1 amide bonds. The van der Waals surface area contributed by atoms with Gasteiger partial charge >= 0.3 is 12.1 Å². The first-order valence-corrected chi connectivity index (χ1v) is 8.08. The molecule has 0 saturated carbocycles. The molecule has 0 aliphatic heterocycles. The fraction of sp³-hybridized carbons (Fsp3) is 0.250. The average molecular weight is 391 g/mol. The number of amides is 1. The van der Waals surface area contributed by atoms with E-state index in [-0.39, 0.29) is 0 Å². The van der Waals surface area contributed by atoms with Crippen LogP contribution in [0.4, 0.5) is 4.79 Å². The van der Waals surface area contributed by atoms with Crippen molar-refractivity contribution in [3.63, 3.8) is 0 Å². The molecule has 2 aromatic carbocycles. The standard InChI is InChI=1S/C16H14Cl3NO4/c1-10(12-7-6-11-4-2-3-5-13(11)8-12)14(21)24-20-15(22)23-9-16(17,18)19/h2-8,10H,9H2,1H3,(H,20,22). The summed E-state index contributed by atoms with van der Waals surface area (Å²) in [6.45, 7) is 1.20. The Morgan fingerprint density at radius 2 is 1.79 bits per heavy atom. The zero-order valence-electron chi connectivity index (χ0n) is 12.6. The number of hydrogen-bond donors (Lipinski definition) is 1. The van der Waals surface area contributed by atoms with Crippen LogP contribution in [0.15, 0.2) is 42.5 Å². The molecule has 1 N–H and O–H groups in total. The Hall–Kier alpha value is -1.69. The molecule has 0 aliphatic carbocycles. The van der Waals surface area contributed by atoms with Gasteiger partial charge in [0.25, 0.3) is 0 Å². The topological polar surface area (TPSA) is 64.6 Å². The maximum absolute atomic E-state index is 12.0. The SMILES string of the molecule is CC(C(=O)ONC(=O)OCC(Cl)(Cl)Cl)c1ccc2ccccc2c1. The molecular weight excluding hydrogens is 377 g/mol. The van der Waals surface area contributed by atoms with E-state index in [0.29, 0.717) is 0 Å². The predicted molar refractivity (Wildman–Crippen MR) is 93.2 cm³/mol. The quantitative estimate of drug-likeness (QED) is 0.619. The molecule has 0 heterocycles. The molecule has 0 fully saturated rings. The molecule has 5 nitrogen and oxygen atoms in total. The number of ether oxygens (including phenoxy) is 1. The molecular formula is C16H14Cl3NO4. The van der Waals surface area contributed by atoms with E-state index in [1.807, 2.05) is 47.9 Å². The van der Waals surface area contributed by atoms with Crippen molar-refractivity contribution in [1.29, 1.82) is 0 Å². The van der Waals surface area contributed by atoms with E-state index < -0.39 is 28.4 Å². The van der Waals surface area contributed by atoms with Crippen molar-refractivity contribution in [1.82, 2.24) is 5.48 Å². The minimum Gasteiger partial charge on any atom is -0.443 e. The molecule has 1 unspecified atom stereocenters. The summed E-state index contributed by atoms with van der Waals surface area (Å²) in [4.78, 5) is 28.1. The van der Waals surface area contributed by atoms with E-state index >= 15 is 0 Å². The summed E-state index contributed by atoms with van der Waals surface area (Å²) >= 11 is 16.3. The van der Waals surface area contributed by atoms with Crippen LogP contribution in [0.25, 0.3) is 10.8 Å². The fourth-order valence-electron chi connectivity index (χ4n) is 1.97. The number of halogens is 3. The van der Waals surface area contributed by atoms with Gasteiger partial charge in [-0.05, 0) is 23.3 Å². The van der Waals surface area contributed by atoms with Crippen LogP contribution in [-0.2, 0) is 14.4 Å². The van der Waals surface area contributed by atoms with Gasteiger partial charge in [-0.3, -0.25) is 0 Å². The molecule has 24 heavy (non-hydrogen) atoms. The normalized spacial score (nSPS) is 12.5. The second-order valence-corrected chi connectivity index (χ2v) is 7.56. The number of carbonyl (C=O) groups is 2. The highest BCUT2D eigenvalue weighted by Gasteiger charge is 2.23. The summed E-state index contributed by atoms with van der Waals surface area (Å²) in [5.41, 5.74) is 2.62. The van der Waals surface area contributed by atoms with Crippen molar-refractivity contribution in [3.05, 3.63) is 48.0 Å². The van der Waals surface area contributed by atoms with Crippen LogP contribution in [-0.4, -0.2) is 22.5 Å². The highest BCUT2D eigenvalue weighted by atomic mass is 35.6. The summed E-state index contributed by atoms with van der Waals surface area (Å²) < 4.78 is 2.84. The molecule has 2 aromatic rings. The van der Waals surface area contributed by atoms with Crippen molar-refractivity contribution >= 4 is 57.6 Å². The number of alkyl halides is 3. The Morgan fingerprint density at radius 1 is 1.12 bits per heavy atom. The van der Waals surface area contributed by atoms with Crippen LogP contribution >= 0.6 is 34.8 Å². The van der Waals surface area contributed by atoms with E-state index in [1.165, 1.54) is 0 Å². The number of fused-ring (bicyclic) bond motifs is 1. The third-order valence-electron chi connectivity index (χ3n) is 3.23. The highest BCUT2D eigenvalue weighted by molar-refractivity contribution is 6.67. The molecule has 0 bridgehead atoms. The lowest BCUT2D eigenvalue weighted by molar-refractivity contribution is -0.151. The third kappa shape index (κ3) is 5.44. The van der Waals surface area contributed by atoms with Crippen molar-refractivity contribution in [2.75, 3.05) is 6.61 Å². The van der Waals surface area contributed by atoms with Gasteiger partial charge in [0.05, 0.1) is 5.92 Å². The smallest absolute Gasteiger partial charge is 0.440 e. The molecule has 1 atom stereocenters. The first-order valence-electron chi connectivity index (χ1n) is 6.95. The molecule has 128 valence electrons. The van der Waals surface area contributed by atoms with E-state index in [9.17, 15) is 9.59 Å².